The molecular weight excluding hydrogens is 338 g/mol. The summed E-state index contributed by atoms with van der Waals surface area (Å²) >= 11 is 0. The number of unbranched alkanes of at least 4 members (excludes halogenated alkanes) is 1. The summed E-state index contributed by atoms with van der Waals surface area (Å²) in [6, 6.07) is -0.952. The largest absolute Gasteiger partial charge is 0.481 e. The molecule has 1 amide bonds. The summed E-state index contributed by atoms with van der Waals surface area (Å²) in [5.41, 5.74) is 12.2. The third-order valence-electron chi connectivity index (χ3n) is 4.54. The molecule has 0 aliphatic carbocycles. The quantitative estimate of drug-likeness (QED) is 0.394. The average Bonchev–Trinajstić information content (AvgIpc) is 3.12. The first kappa shape index (κ1) is 20.3. The Morgan fingerprint density at radius 2 is 2.00 bits per heavy atom. The van der Waals surface area contributed by atoms with E-state index in [0.29, 0.717) is 25.3 Å². The minimum absolute atomic E-state index is 0.111. The highest BCUT2D eigenvalue weighted by Gasteiger charge is 2.29. The van der Waals surface area contributed by atoms with Gasteiger partial charge < -0.3 is 26.8 Å². The minimum Gasteiger partial charge on any atom is -0.481 e. The predicted molar refractivity (Wildman–Crippen MR) is 95.2 cm³/mol. The zero-order valence-electron chi connectivity index (χ0n) is 15.0. The van der Waals surface area contributed by atoms with Crippen molar-refractivity contribution in [1.82, 2.24) is 25.2 Å². The van der Waals surface area contributed by atoms with Crippen molar-refractivity contribution in [3.05, 3.63) is 11.9 Å². The molecule has 1 saturated heterocycles. The van der Waals surface area contributed by atoms with Gasteiger partial charge >= 0.3 is 5.97 Å². The fourth-order valence-electron chi connectivity index (χ4n) is 2.99. The van der Waals surface area contributed by atoms with Crippen LogP contribution in [0.15, 0.2) is 6.20 Å². The van der Waals surface area contributed by atoms with Crippen LogP contribution in [0.1, 0.15) is 49.9 Å². The highest BCUT2D eigenvalue weighted by atomic mass is 16.4. The maximum Gasteiger partial charge on any atom is 0.303 e. The van der Waals surface area contributed by atoms with Crippen LogP contribution >= 0.6 is 0 Å². The molecule has 0 radical (unpaired) electrons. The highest BCUT2D eigenvalue weighted by Crippen LogP contribution is 2.20. The van der Waals surface area contributed by atoms with Crippen LogP contribution in [-0.2, 0) is 9.59 Å². The zero-order chi connectivity index (χ0) is 18.9. The molecule has 0 spiro atoms. The molecule has 0 bridgehead atoms. The molecule has 6 N–H and O–H groups in total. The van der Waals surface area contributed by atoms with E-state index in [9.17, 15) is 9.59 Å². The first-order chi connectivity index (χ1) is 12.5. The Balaban J connectivity index is 2.09. The monoisotopic (exact) mass is 367 g/mol. The number of aliphatic carboxylic acids is 1. The van der Waals surface area contributed by atoms with Crippen molar-refractivity contribution in [3.63, 3.8) is 0 Å². The molecule has 26 heavy (non-hydrogen) atoms. The molecule has 1 aliphatic rings. The Hall–Kier alpha value is -2.04. The predicted octanol–water partition coefficient (Wildman–Crippen LogP) is -0.755. The maximum atomic E-state index is 12.9. The number of carboxylic acid groups (broad SMARTS) is 1. The van der Waals surface area contributed by atoms with Gasteiger partial charge in [0.25, 0.3) is 0 Å². The third kappa shape index (κ3) is 5.75. The molecule has 1 aromatic heterocycles. The first-order valence-corrected chi connectivity index (χ1v) is 9.11. The Morgan fingerprint density at radius 3 is 2.65 bits per heavy atom. The number of piperazine rings is 1. The summed E-state index contributed by atoms with van der Waals surface area (Å²) in [7, 11) is 0. The molecule has 146 valence electrons. The van der Waals surface area contributed by atoms with Gasteiger partial charge in [0.2, 0.25) is 5.91 Å². The van der Waals surface area contributed by atoms with Crippen LogP contribution in [0.2, 0.25) is 0 Å². The molecule has 1 fully saturated rings. The molecule has 2 rings (SSSR count). The summed E-state index contributed by atoms with van der Waals surface area (Å²) in [5.74, 6) is -1.07. The van der Waals surface area contributed by atoms with Crippen molar-refractivity contribution < 1.29 is 14.7 Å². The Bertz CT molecular complexity index is 586. The Kier molecular flexibility index (Phi) is 7.95. The Labute approximate surface area is 152 Å². The summed E-state index contributed by atoms with van der Waals surface area (Å²) in [5, 5.41) is 20.4. The van der Waals surface area contributed by atoms with Gasteiger partial charge in [-0.1, -0.05) is 11.6 Å². The van der Waals surface area contributed by atoms with Gasteiger partial charge in [0.15, 0.2) is 0 Å². The third-order valence-corrected chi connectivity index (χ3v) is 4.54. The van der Waals surface area contributed by atoms with Gasteiger partial charge in [-0.25, -0.2) is 4.68 Å². The van der Waals surface area contributed by atoms with Crippen LogP contribution in [0.25, 0.3) is 0 Å². The lowest BCUT2D eigenvalue weighted by atomic mass is 10.1. The number of nitrogens with two attached hydrogens (primary N) is 2. The van der Waals surface area contributed by atoms with Gasteiger partial charge in [-0.2, -0.15) is 0 Å². The zero-order valence-corrected chi connectivity index (χ0v) is 15.0. The van der Waals surface area contributed by atoms with Crippen molar-refractivity contribution in [3.8, 4) is 0 Å². The minimum atomic E-state index is -0.943. The maximum absolute atomic E-state index is 12.9. The average molecular weight is 367 g/mol. The lowest BCUT2D eigenvalue weighted by Gasteiger charge is -2.30. The van der Waals surface area contributed by atoms with Crippen molar-refractivity contribution >= 4 is 11.9 Å². The van der Waals surface area contributed by atoms with Crippen molar-refractivity contribution in [2.75, 3.05) is 32.7 Å². The second kappa shape index (κ2) is 10.2. The molecule has 2 heterocycles. The summed E-state index contributed by atoms with van der Waals surface area (Å²) < 4.78 is 1.46. The second-order valence-electron chi connectivity index (χ2n) is 6.54. The topological polar surface area (TPSA) is 152 Å². The summed E-state index contributed by atoms with van der Waals surface area (Å²) in [4.78, 5) is 25.6. The van der Waals surface area contributed by atoms with Gasteiger partial charge in [-0.3, -0.25) is 9.59 Å². The fourth-order valence-corrected chi connectivity index (χ4v) is 2.99. The van der Waals surface area contributed by atoms with E-state index in [1.54, 1.807) is 11.1 Å². The fraction of sp³-hybridized carbons (Fsp3) is 0.750. The van der Waals surface area contributed by atoms with Crippen molar-refractivity contribution in [1.29, 1.82) is 0 Å². The van der Waals surface area contributed by atoms with E-state index in [2.05, 4.69) is 15.6 Å². The van der Waals surface area contributed by atoms with Crippen molar-refractivity contribution in [2.24, 2.45) is 11.5 Å². The second-order valence-corrected chi connectivity index (χ2v) is 6.54. The van der Waals surface area contributed by atoms with Crippen LogP contribution in [0, 0.1) is 0 Å². The van der Waals surface area contributed by atoms with E-state index in [-0.39, 0.29) is 24.8 Å². The van der Waals surface area contributed by atoms with E-state index in [0.717, 1.165) is 32.4 Å². The van der Waals surface area contributed by atoms with Crippen LogP contribution in [-0.4, -0.2) is 69.6 Å². The number of rotatable bonds is 10. The van der Waals surface area contributed by atoms with Crippen LogP contribution < -0.4 is 16.8 Å². The van der Waals surface area contributed by atoms with Gasteiger partial charge in [0.1, 0.15) is 6.04 Å². The number of aromatic nitrogens is 3. The van der Waals surface area contributed by atoms with Gasteiger partial charge in [0.05, 0.1) is 17.9 Å². The molecule has 0 aromatic carbocycles. The molecule has 2 atom stereocenters. The van der Waals surface area contributed by atoms with E-state index in [1.807, 2.05) is 0 Å². The van der Waals surface area contributed by atoms with Crippen LogP contribution in [0.4, 0.5) is 0 Å². The molecule has 10 heteroatoms. The van der Waals surface area contributed by atoms with Gasteiger partial charge in [-0.15, -0.1) is 5.10 Å². The molecule has 0 unspecified atom stereocenters. The number of amides is 1. The highest BCUT2D eigenvalue weighted by molar-refractivity contribution is 5.81. The molecule has 10 nitrogen and oxygen atoms in total. The molecule has 1 aromatic rings. The number of carbonyl (C=O) groups is 2. The SMILES string of the molecule is NCCCC[C@H](N)c1cn([C@@H](CCC(=O)O)C(=O)N2CCNCC2)nn1. The number of carbonyl (C=O) groups excluding carboxylic acids is 1. The molecular formula is C16H29N7O3. The molecule has 0 saturated carbocycles. The summed E-state index contributed by atoms with van der Waals surface area (Å²) in [6.07, 6.45) is 4.25. The van der Waals surface area contributed by atoms with Crippen LogP contribution in [0.3, 0.4) is 0 Å². The lowest BCUT2D eigenvalue weighted by Crippen LogP contribution is -2.48. The smallest absolute Gasteiger partial charge is 0.303 e. The summed E-state index contributed by atoms with van der Waals surface area (Å²) in [6.45, 7) is 3.28. The van der Waals surface area contributed by atoms with E-state index >= 15 is 0 Å². The number of hydrogen-bond acceptors (Lipinski definition) is 7. The number of hydrogen-bond donors (Lipinski definition) is 4. The van der Waals surface area contributed by atoms with E-state index in [1.165, 1.54) is 4.68 Å². The standard InChI is InChI=1S/C16H29N7O3/c17-6-2-1-3-12(18)13-11-23(21-20-13)14(4-5-15(24)25)16(26)22-9-7-19-8-10-22/h11-12,14,19H,1-10,17-18H2,(H,24,25)/t12-,14-/m0/s1. The van der Waals surface area contributed by atoms with Crippen LogP contribution in [0.5, 0.6) is 0 Å². The van der Waals surface area contributed by atoms with Crippen molar-refractivity contribution in [2.45, 2.75) is 44.2 Å². The number of nitrogens with zero attached hydrogens (tertiary/aromatic N) is 4. The molecule has 1 aliphatic heterocycles. The van der Waals surface area contributed by atoms with Gasteiger partial charge in [0, 0.05) is 32.6 Å². The lowest BCUT2D eigenvalue weighted by molar-refractivity contribution is -0.139. The van der Waals surface area contributed by atoms with E-state index in [4.69, 9.17) is 16.6 Å². The van der Waals surface area contributed by atoms with E-state index < -0.39 is 12.0 Å². The number of carboxylic acids is 1. The Morgan fingerprint density at radius 1 is 1.27 bits per heavy atom. The first-order valence-electron chi connectivity index (χ1n) is 9.11. The number of nitrogens with one attached hydrogen (secondary N) is 1. The normalized spacial score (nSPS) is 17.1. The van der Waals surface area contributed by atoms with Gasteiger partial charge in [-0.05, 0) is 25.8 Å².